The van der Waals surface area contributed by atoms with Crippen LogP contribution in [0.1, 0.15) is 48.9 Å². The number of aliphatic carboxylic acids is 1. The van der Waals surface area contributed by atoms with Gasteiger partial charge in [-0.25, -0.2) is 4.98 Å². The fourth-order valence-electron chi connectivity index (χ4n) is 7.19. The summed E-state index contributed by atoms with van der Waals surface area (Å²) in [5.41, 5.74) is 30.7. The molecule has 6 atom stereocenters. The number of carboxylic acids is 1. The highest BCUT2D eigenvalue weighted by Crippen LogP contribution is 2.20. The van der Waals surface area contributed by atoms with Gasteiger partial charge in [-0.15, -0.1) is 0 Å². The van der Waals surface area contributed by atoms with E-state index in [0.717, 1.165) is 10.9 Å². The fourth-order valence-corrected chi connectivity index (χ4v) is 7.68. The largest absolute Gasteiger partial charge is 0.480 e. The smallest absolute Gasteiger partial charge is 0.322 e. The van der Waals surface area contributed by atoms with Crippen molar-refractivity contribution in [1.29, 1.82) is 0 Å². The number of benzene rings is 2. The van der Waals surface area contributed by atoms with E-state index in [0.29, 0.717) is 29.0 Å². The van der Waals surface area contributed by atoms with Crippen LogP contribution in [0.25, 0.3) is 10.9 Å². The topological polar surface area (TPSA) is 411 Å². The monoisotopic (exact) mass is 988 g/mol. The number of rotatable bonds is 30. The minimum Gasteiger partial charge on any atom is -0.480 e. The second-order valence-electron chi connectivity index (χ2n) is 16.2. The summed E-state index contributed by atoms with van der Waals surface area (Å²) in [6, 6.07) is 8.55. The van der Waals surface area contributed by atoms with Gasteiger partial charge < -0.3 is 75.6 Å². The zero-order valence-corrected chi connectivity index (χ0v) is 39.6. The Labute approximate surface area is 408 Å². The molecule has 2 aromatic carbocycles. The number of para-hydroxylation sites is 1. The number of carboxylic acid groups (broad SMARTS) is 1. The number of aromatic amines is 2. The Bertz CT molecular complexity index is 2410. The number of amides is 6. The highest BCUT2D eigenvalue weighted by Gasteiger charge is 2.34. The van der Waals surface area contributed by atoms with E-state index in [1.807, 2.05) is 24.5 Å². The summed E-state index contributed by atoms with van der Waals surface area (Å²) in [6.45, 7) is -0.509. The number of aromatic nitrogens is 3. The maximum atomic E-state index is 14.5. The van der Waals surface area contributed by atoms with Crippen LogP contribution in [0.15, 0.2) is 83.3 Å². The van der Waals surface area contributed by atoms with Crippen molar-refractivity contribution in [1.82, 2.24) is 46.9 Å². The number of carbonyl (C=O) groups is 7. The lowest BCUT2D eigenvalue weighted by Gasteiger charge is -2.27. The number of hydrogen-bond donors (Lipinski definition) is 14. The summed E-state index contributed by atoms with van der Waals surface area (Å²) < 4.78 is 0. The molecule has 0 aliphatic rings. The van der Waals surface area contributed by atoms with E-state index in [1.165, 1.54) is 24.3 Å². The second-order valence-corrected chi connectivity index (χ2v) is 17.2. The Balaban J connectivity index is 1.64. The van der Waals surface area contributed by atoms with Gasteiger partial charge >= 0.3 is 5.97 Å². The van der Waals surface area contributed by atoms with Crippen molar-refractivity contribution >= 4 is 76.0 Å². The molecule has 70 heavy (non-hydrogen) atoms. The van der Waals surface area contributed by atoms with Gasteiger partial charge in [0.2, 0.25) is 35.4 Å². The molecule has 2 heterocycles. The number of carbonyl (C=O) groups excluding carboxylic acids is 6. The van der Waals surface area contributed by atoms with E-state index in [4.69, 9.17) is 28.7 Å². The Morgan fingerprint density at radius 2 is 1.19 bits per heavy atom. The summed E-state index contributed by atoms with van der Waals surface area (Å²) in [6.07, 6.45) is 6.93. The third-order valence-electron chi connectivity index (χ3n) is 10.8. The molecule has 0 fully saturated rings. The van der Waals surface area contributed by atoms with Gasteiger partial charge in [-0.1, -0.05) is 48.5 Å². The Kier molecular flexibility index (Phi) is 22.5. The van der Waals surface area contributed by atoms with Gasteiger partial charge in [-0.05, 0) is 61.3 Å². The van der Waals surface area contributed by atoms with Crippen LogP contribution in [0.5, 0.6) is 0 Å². The number of guanidine groups is 2. The number of nitrogens with zero attached hydrogens (tertiary/aromatic N) is 3. The first-order valence-corrected chi connectivity index (χ1v) is 23.9. The number of nitrogens with two attached hydrogens (primary N) is 5. The molecule has 0 saturated carbocycles. The normalized spacial score (nSPS) is 13.5. The minimum absolute atomic E-state index is 0.0490. The van der Waals surface area contributed by atoms with Crippen molar-refractivity contribution in [2.45, 2.75) is 87.6 Å². The van der Waals surface area contributed by atoms with Crippen LogP contribution < -0.4 is 60.6 Å². The van der Waals surface area contributed by atoms with Crippen LogP contribution in [-0.4, -0.2) is 141 Å². The molecule has 0 spiro atoms. The fraction of sp³-hybridized carbons (Fsp3) is 0.422. The summed E-state index contributed by atoms with van der Waals surface area (Å²) in [5, 5.41) is 26.0. The van der Waals surface area contributed by atoms with Crippen molar-refractivity contribution in [2.24, 2.45) is 38.7 Å². The number of imidazole rings is 1. The van der Waals surface area contributed by atoms with Gasteiger partial charge in [0, 0.05) is 61.3 Å². The number of aliphatic imine (C=N–C) groups is 2. The minimum atomic E-state index is -1.37. The zero-order chi connectivity index (χ0) is 51.0. The lowest BCUT2D eigenvalue weighted by molar-refractivity contribution is -0.138. The summed E-state index contributed by atoms with van der Waals surface area (Å²) >= 11 is 1.50. The van der Waals surface area contributed by atoms with Gasteiger partial charge in [0.05, 0.1) is 12.4 Å². The van der Waals surface area contributed by atoms with E-state index in [9.17, 15) is 38.7 Å². The maximum absolute atomic E-state index is 14.5. The van der Waals surface area contributed by atoms with Crippen LogP contribution in [-0.2, 0) is 52.8 Å². The molecular formula is C45H64N16O8S. The van der Waals surface area contributed by atoms with Crippen molar-refractivity contribution < 1.29 is 38.7 Å². The molecule has 19 N–H and O–H groups in total. The molecule has 25 heteroatoms. The van der Waals surface area contributed by atoms with Crippen LogP contribution in [0.3, 0.4) is 0 Å². The summed E-state index contributed by atoms with van der Waals surface area (Å²) in [7, 11) is 0. The van der Waals surface area contributed by atoms with Crippen molar-refractivity contribution in [3.8, 4) is 0 Å². The van der Waals surface area contributed by atoms with Gasteiger partial charge in [0.25, 0.3) is 0 Å². The zero-order valence-electron chi connectivity index (χ0n) is 38.8. The summed E-state index contributed by atoms with van der Waals surface area (Å²) in [4.78, 5) is 114. The lowest BCUT2D eigenvalue weighted by Crippen LogP contribution is -2.60. The average molecular weight is 989 g/mol. The molecule has 0 saturated heterocycles. The molecule has 2 aromatic heterocycles. The van der Waals surface area contributed by atoms with E-state index in [1.54, 1.807) is 42.6 Å². The third kappa shape index (κ3) is 18.8. The highest BCUT2D eigenvalue weighted by atomic mass is 32.2. The number of nitrogens with one attached hydrogen (secondary N) is 8. The van der Waals surface area contributed by atoms with Crippen LogP contribution in [0.2, 0.25) is 0 Å². The quantitative estimate of drug-likeness (QED) is 0.0149. The molecule has 0 aliphatic carbocycles. The molecule has 0 bridgehead atoms. The van der Waals surface area contributed by atoms with E-state index in [2.05, 4.69) is 56.8 Å². The van der Waals surface area contributed by atoms with Crippen LogP contribution in [0, 0.1) is 0 Å². The first-order chi connectivity index (χ1) is 33.5. The molecule has 4 rings (SSSR count). The summed E-state index contributed by atoms with van der Waals surface area (Å²) in [5.74, 6) is -5.57. The van der Waals surface area contributed by atoms with Gasteiger partial charge in [-0.3, -0.25) is 43.5 Å². The maximum Gasteiger partial charge on any atom is 0.322 e. The SMILES string of the molecule is CSCC[C@H](N)C(=O)N[C@@H](CCCN=C(N)N)C(=O)N[C@@H](Cc1cnc[nH]1)C(=O)N[C@@H](Cc1ccccc1)C(=O)N[C@@H](CCCN=C(N)N)C(=O)N[C@@H](Cc1c[nH]c2ccccc12)C(=O)NCC(=O)O. The van der Waals surface area contributed by atoms with Crippen molar-refractivity contribution in [2.75, 3.05) is 31.6 Å². The van der Waals surface area contributed by atoms with E-state index in [-0.39, 0.29) is 70.0 Å². The van der Waals surface area contributed by atoms with Gasteiger partial charge in [0.15, 0.2) is 11.9 Å². The molecule has 4 aromatic rings. The second kappa shape index (κ2) is 28.6. The van der Waals surface area contributed by atoms with Crippen molar-refractivity contribution in [3.05, 3.63) is 90.1 Å². The van der Waals surface area contributed by atoms with Gasteiger partial charge in [0.1, 0.15) is 36.8 Å². The molecule has 24 nitrogen and oxygen atoms in total. The predicted molar refractivity (Wildman–Crippen MR) is 266 cm³/mol. The molecule has 0 aliphatic heterocycles. The predicted octanol–water partition coefficient (Wildman–Crippen LogP) is -2.27. The number of thioether (sulfide) groups is 1. The first-order valence-electron chi connectivity index (χ1n) is 22.5. The third-order valence-corrected chi connectivity index (χ3v) is 11.4. The van der Waals surface area contributed by atoms with Crippen LogP contribution >= 0.6 is 11.8 Å². The average Bonchev–Trinajstić information content (AvgIpc) is 4.01. The molecule has 0 radical (unpaired) electrons. The Hall–Kier alpha value is -7.67. The number of hydrogen-bond acceptors (Lipinski definition) is 12. The van der Waals surface area contributed by atoms with E-state index >= 15 is 0 Å². The molecule has 0 unspecified atom stereocenters. The lowest BCUT2D eigenvalue weighted by atomic mass is 10.0. The van der Waals surface area contributed by atoms with Crippen LogP contribution in [0.4, 0.5) is 0 Å². The number of H-pyrrole nitrogens is 2. The highest BCUT2D eigenvalue weighted by molar-refractivity contribution is 7.98. The molecule has 6 amide bonds. The van der Waals surface area contributed by atoms with Crippen molar-refractivity contribution in [3.63, 3.8) is 0 Å². The van der Waals surface area contributed by atoms with Gasteiger partial charge in [-0.2, -0.15) is 11.8 Å². The van der Waals surface area contributed by atoms with E-state index < -0.39 is 84.2 Å². The standard InChI is InChI=1S/C45H64N16O8S/c1-70-18-15-30(46)38(64)57-32(13-7-16-52-44(47)48)40(66)61-36(21-28-23-51-25-56-28)43(69)59-34(19-26-9-3-2-4-10-26)42(68)58-33(14-8-17-53-45(49)50)41(67)60-35(39(65)55-24-37(62)63)20-27-22-54-31-12-6-5-11-29(27)31/h2-6,9-12,22-23,25,30,32-36,54H,7-8,13-21,24,46H2,1H3,(H,51,56)(H,55,65)(H,57,64)(H,58,68)(H,59,69)(H,60,67)(H,61,66)(H,62,63)(H4,47,48,52)(H4,49,50,53)/t30-,32-,33-,34-,35-,36-/m0/s1. The Morgan fingerprint density at radius 1 is 0.657 bits per heavy atom. The first kappa shape index (κ1) is 54.9. The Morgan fingerprint density at radius 3 is 1.74 bits per heavy atom. The molecule has 378 valence electrons. The number of fused-ring (bicyclic) bond motifs is 1. The molecular weight excluding hydrogens is 925 g/mol.